The van der Waals surface area contributed by atoms with E-state index in [1.54, 1.807) is 4.57 Å². The number of ether oxygens (including phenoxy) is 1. The Hall–Kier alpha value is -2.36. The minimum Gasteiger partial charge on any atom is -0.465 e. The molecule has 3 rings (SSSR count). The molecule has 1 N–H and O–H groups in total. The van der Waals surface area contributed by atoms with Gasteiger partial charge in [-0.3, -0.25) is 9.47 Å². The van der Waals surface area contributed by atoms with E-state index in [0.29, 0.717) is 32.7 Å². The normalized spacial score (nSPS) is 24.0. The van der Waals surface area contributed by atoms with Crippen LogP contribution in [0, 0.1) is 15.5 Å². The van der Waals surface area contributed by atoms with Crippen LogP contribution in [-0.2, 0) is 6.54 Å². The molecule has 2 unspecified atom stereocenters. The number of nitro groups is 1. The Balaban J connectivity index is 1.61. The highest BCUT2D eigenvalue weighted by atomic mass is 16.6. The SMILES string of the molecule is CC(C)(C)C1CN(CC2Cn3cc([N+](=O)[O-])nc3O2)CCN1C(=O)O. The van der Waals surface area contributed by atoms with E-state index in [9.17, 15) is 20.0 Å². The maximum absolute atomic E-state index is 11.5. The number of rotatable bonds is 3. The van der Waals surface area contributed by atoms with Gasteiger partial charge in [-0.2, -0.15) is 0 Å². The topological polar surface area (TPSA) is 114 Å². The third kappa shape index (κ3) is 3.53. The first-order valence-corrected chi connectivity index (χ1v) is 8.25. The molecule has 0 spiro atoms. The van der Waals surface area contributed by atoms with E-state index in [0.717, 1.165) is 0 Å². The van der Waals surface area contributed by atoms with Gasteiger partial charge in [0.25, 0.3) is 0 Å². The van der Waals surface area contributed by atoms with Gasteiger partial charge in [-0.05, 0) is 10.3 Å². The first-order valence-electron chi connectivity index (χ1n) is 8.25. The number of nitrogens with zero attached hydrogens (tertiary/aromatic N) is 5. The molecule has 0 aliphatic carbocycles. The second-order valence-electron chi connectivity index (χ2n) is 7.65. The Bertz CT molecular complexity index is 659. The summed E-state index contributed by atoms with van der Waals surface area (Å²) in [6.07, 6.45) is 0.361. The number of amides is 1. The summed E-state index contributed by atoms with van der Waals surface area (Å²) in [5, 5.41) is 20.2. The maximum Gasteiger partial charge on any atom is 0.414 e. The van der Waals surface area contributed by atoms with Crippen LogP contribution in [0.25, 0.3) is 0 Å². The van der Waals surface area contributed by atoms with E-state index in [2.05, 4.69) is 9.88 Å². The molecule has 0 aromatic carbocycles. The lowest BCUT2D eigenvalue weighted by Crippen LogP contribution is -2.60. The first-order chi connectivity index (χ1) is 11.6. The van der Waals surface area contributed by atoms with E-state index in [-0.39, 0.29) is 29.4 Å². The van der Waals surface area contributed by atoms with Gasteiger partial charge in [0, 0.05) is 31.2 Å². The predicted octanol–water partition coefficient (Wildman–Crippen LogP) is 1.26. The van der Waals surface area contributed by atoms with Crippen molar-refractivity contribution in [1.82, 2.24) is 19.4 Å². The molecular weight excluding hydrogens is 330 g/mol. The molecule has 0 radical (unpaired) electrons. The van der Waals surface area contributed by atoms with Gasteiger partial charge >= 0.3 is 17.9 Å². The molecule has 1 saturated heterocycles. The van der Waals surface area contributed by atoms with Crippen LogP contribution >= 0.6 is 0 Å². The smallest absolute Gasteiger partial charge is 0.414 e. The first kappa shape index (κ1) is 17.5. The molecule has 2 aliphatic rings. The van der Waals surface area contributed by atoms with Gasteiger partial charge in [0.2, 0.25) is 0 Å². The lowest BCUT2D eigenvalue weighted by Gasteiger charge is -2.46. The summed E-state index contributed by atoms with van der Waals surface area (Å²) >= 11 is 0. The minimum absolute atomic E-state index is 0.0988. The molecule has 0 saturated carbocycles. The summed E-state index contributed by atoms with van der Waals surface area (Å²) in [5.74, 6) is -0.212. The number of carbonyl (C=O) groups is 1. The number of hydrogen-bond donors (Lipinski definition) is 1. The minimum atomic E-state index is -0.885. The summed E-state index contributed by atoms with van der Waals surface area (Å²) in [6, 6.07) is 0.173. The average Bonchev–Trinajstić information content (AvgIpc) is 3.04. The van der Waals surface area contributed by atoms with E-state index in [1.807, 2.05) is 20.8 Å². The molecule has 0 bridgehead atoms. The van der Waals surface area contributed by atoms with Crippen molar-refractivity contribution in [3.05, 3.63) is 16.3 Å². The van der Waals surface area contributed by atoms with Crippen molar-refractivity contribution in [2.75, 3.05) is 26.2 Å². The van der Waals surface area contributed by atoms with Crippen molar-refractivity contribution in [2.45, 2.75) is 39.5 Å². The summed E-state index contributed by atoms with van der Waals surface area (Å²) in [4.78, 5) is 29.2. The zero-order valence-corrected chi connectivity index (χ0v) is 14.6. The van der Waals surface area contributed by atoms with E-state index in [4.69, 9.17) is 4.74 Å². The van der Waals surface area contributed by atoms with Crippen LogP contribution in [0.15, 0.2) is 6.20 Å². The van der Waals surface area contributed by atoms with Crippen LogP contribution in [0.4, 0.5) is 10.6 Å². The Kier molecular flexibility index (Phi) is 4.31. The molecule has 2 aliphatic heterocycles. The Morgan fingerprint density at radius 3 is 2.72 bits per heavy atom. The second kappa shape index (κ2) is 6.17. The van der Waals surface area contributed by atoms with Gasteiger partial charge in [-0.15, -0.1) is 0 Å². The fourth-order valence-electron chi connectivity index (χ4n) is 3.46. The number of carboxylic acid groups (broad SMARTS) is 1. The Morgan fingerprint density at radius 2 is 2.16 bits per heavy atom. The molecule has 3 heterocycles. The van der Waals surface area contributed by atoms with Gasteiger partial charge in [-0.1, -0.05) is 20.8 Å². The van der Waals surface area contributed by atoms with Crippen molar-refractivity contribution in [1.29, 1.82) is 0 Å². The fraction of sp³-hybridized carbons (Fsp3) is 0.733. The standard InChI is InChI=1S/C15H23N5O5/c1-15(2,3)11-8-17(4-5-19(11)14(21)22)6-10-7-18-9-12(20(23)24)16-13(18)25-10/h9-11H,4-8H2,1-3H3,(H,21,22). The van der Waals surface area contributed by atoms with E-state index >= 15 is 0 Å². The quantitative estimate of drug-likeness (QED) is 0.643. The molecule has 1 amide bonds. The molecule has 10 nitrogen and oxygen atoms in total. The molecule has 25 heavy (non-hydrogen) atoms. The predicted molar refractivity (Wildman–Crippen MR) is 87.7 cm³/mol. The third-order valence-corrected chi connectivity index (χ3v) is 4.76. The van der Waals surface area contributed by atoms with E-state index < -0.39 is 11.0 Å². The van der Waals surface area contributed by atoms with Crippen molar-refractivity contribution < 1.29 is 19.6 Å². The summed E-state index contributed by atoms with van der Waals surface area (Å²) in [7, 11) is 0. The number of fused-ring (bicyclic) bond motifs is 1. The molecule has 1 aromatic rings. The summed E-state index contributed by atoms with van der Waals surface area (Å²) in [6.45, 7) is 9.00. The molecule has 2 atom stereocenters. The molecule has 10 heteroatoms. The van der Waals surface area contributed by atoms with Crippen molar-refractivity contribution >= 4 is 11.9 Å². The molecular formula is C15H23N5O5. The lowest BCUT2D eigenvalue weighted by molar-refractivity contribution is -0.389. The van der Waals surface area contributed by atoms with Gasteiger partial charge in [-0.25, -0.2) is 4.79 Å². The average molecular weight is 353 g/mol. The lowest BCUT2D eigenvalue weighted by atomic mass is 9.84. The van der Waals surface area contributed by atoms with Crippen LogP contribution in [0.1, 0.15) is 20.8 Å². The molecule has 138 valence electrons. The van der Waals surface area contributed by atoms with Crippen LogP contribution in [-0.4, -0.2) is 73.8 Å². The van der Waals surface area contributed by atoms with Crippen LogP contribution in [0.5, 0.6) is 6.01 Å². The van der Waals surface area contributed by atoms with Crippen LogP contribution < -0.4 is 4.74 Å². The zero-order valence-electron chi connectivity index (χ0n) is 14.6. The van der Waals surface area contributed by atoms with Crippen molar-refractivity contribution in [3.63, 3.8) is 0 Å². The highest BCUT2D eigenvalue weighted by molar-refractivity contribution is 5.65. The highest BCUT2D eigenvalue weighted by Gasteiger charge is 2.39. The van der Waals surface area contributed by atoms with Crippen LogP contribution in [0.2, 0.25) is 0 Å². The van der Waals surface area contributed by atoms with Crippen molar-refractivity contribution in [2.24, 2.45) is 5.41 Å². The zero-order chi connectivity index (χ0) is 18.4. The Morgan fingerprint density at radius 1 is 1.44 bits per heavy atom. The van der Waals surface area contributed by atoms with Gasteiger partial charge in [0.05, 0.1) is 12.6 Å². The largest absolute Gasteiger partial charge is 0.465 e. The second-order valence-corrected chi connectivity index (χ2v) is 7.65. The molecule has 1 fully saturated rings. The highest BCUT2D eigenvalue weighted by Crippen LogP contribution is 2.29. The third-order valence-electron chi connectivity index (χ3n) is 4.76. The number of aromatic nitrogens is 2. The Labute approximate surface area is 145 Å². The number of imidazole rings is 1. The number of hydrogen-bond acceptors (Lipinski definition) is 6. The van der Waals surface area contributed by atoms with Crippen LogP contribution in [0.3, 0.4) is 0 Å². The van der Waals surface area contributed by atoms with E-state index in [1.165, 1.54) is 11.1 Å². The monoisotopic (exact) mass is 353 g/mol. The summed E-state index contributed by atoms with van der Waals surface area (Å²) in [5.41, 5.74) is -0.166. The fourth-order valence-corrected chi connectivity index (χ4v) is 3.46. The number of piperazine rings is 1. The van der Waals surface area contributed by atoms with Gasteiger partial charge in [0.1, 0.15) is 12.3 Å². The van der Waals surface area contributed by atoms with Gasteiger partial charge < -0.3 is 24.9 Å². The molecule has 1 aromatic heterocycles. The van der Waals surface area contributed by atoms with Crippen molar-refractivity contribution in [3.8, 4) is 6.01 Å². The summed E-state index contributed by atoms with van der Waals surface area (Å²) < 4.78 is 7.36. The van der Waals surface area contributed by atoms with Gasteiger partial charge in [0.15, 0.2) is 0 Å². The maximum atomic E-state index is 11.5.